The molecule has 1 aromatic heterocycles. The minimum Gasteiger partial charge on any atom is -0.480 e. The molecule has 142 valence electrons. The lowest BCUT2D eigenvalue weighted by molar-refractivity contribution is -0.139. The molecule has 1 aromatic carbocycles. The van der Waals surface area contributed by atoms with Gasteiger partial charge in [-0.3, -0.25) is 19.6 Å². The molecule has 0 aliphatic carbocycles. The number of para-hydroxylation sites is 1. The molecule has 0 saturated heterocycles. The molecule has 6 N–H and O–H groups in total. The maximum Gasteiger partial charge on any atom is 0.326 e. The first-order valence-electron chi connectivity index (χ1n) is 8.29. The van der Waals surface area contributed by atoms with E-state index in [9.17, 15) is 19.5 Å². The number of carbonyl (C=O) groups excluding carboxylic acids is 1. The molecule has 0 unspecified atom stereocenters. The van der Waals surface area contributed by atoms with Gasteiger partial charge in [-0.1, -0.05) is 18.2 Å². The monoisotopic (exact) mass is 371 g/mol. The summed E-state index contributed by atoms with van der Waals surface area (Å²) >= 11 is 0. The van der Waals surface area contributed by atoms with Gasteiger partial charge in [0.05, 0.1) is 0 Å². The summed E-state index contributed by atoms with van der Waals surface area (Å²) < 4.78 is 1.32. The van der Waals surface area contributed by atoms with Crippen LogP contribution in [0.1, 0.15) is 23.2 Å². The summed E-state index contributed by atoms with van der Waals surface area (Å²) in [5.74, 6) is -2.17. The van der Waals surface area contributed by atoms with E-state index < -0.39 is 23.5 Å². The van der Waals surface area contributed by atoms with E-state index in [1.54, 1.807) is 30.3 Å². The number of nitrogens with one attached hydrogen (secondary N) is 3. The summed E-state index contributed by atoms with van der Waals surface area (Å²) in [6.45, 7) is 0.307. The lowest BCUT2D eigenvalue weighted by atomic mass is 10.1. The van der Waals surface area contributed by atoms with Gasteiger partial charge in [-0.05, 0) is 37.1 Å². The summed E-state index contributed by atoms with van der Waals surface area (Å²) in [7, 11) is 0. The number of amides is 1. The number of rotatable bonds is 8. The number of carboxylic acids is 1. The molecule has 27 heavy (non-hydrogen) atoms. The van der Waals surface area contributed by atoms with Gasteiger partial charge in [0.15, 0.2) is 5.96 Å². The fraction of sp³-hybridized carbons (Fsp3) is 0.222. The Hall–Kier alpha value is -3.62. The molecule has 1 atom stereocenters. The second kappa shape index (κ2) is 9.18. The van der Waals surface area contributed by atoms with Crippen LogP contribution in [0, 0.1) is 5.41 Å². The minimum absolute atomic E-state index is 0.126. The molecule has 0 aliphatic heterocycles. The molecule has 2 rings (SSSR count). The van der Waals surface area contributed by atoms with Crippen molar-refractivity contribution in [3.8, 4) is 5.69 Å². The Labute approximate surface area is 155 Å². The van der Waals surface area contributed by atoms with Crippen LogP contribution in [0.4, 0.5) is 0 Å². The summed E-state index contributed by atoms with van der Waals surface area (Å²) in [6.07, 6.45) is 2.04. The van der Waals surface area contributed by atoms with Crippen LogP contribution in [0.15, 0.2) is 53.5 Å². The Morgan fingerprint density at radius 1 is 1.19 bits per heavy atom. The number of nitrogens with zero attached hydrogens (tertiary/aromatic N) is 1. The highest BCUT2D eigenvalue weighted by Gasteiger charge is 2.22. The molecule has 0 spiro atoms. The number of aliphatic carboxylic acids is 1. The topological polar surface area (TPSA) is 150 Å². The predicted octanol–water partition coefficient (Wildman–Crippen LogP) is 0.284. The average molecular weight is 371 g/mol. The van der Waals surface area contributed by atoms with Gasteiger partial charge in [-0.15, -0.1) is 0 Å². The first-order valence-corrected chi connectivity index (χ1v) is 8.29. The number of benzene rings is 1. The van der Waals surface area contributed by atoms with Crippen LogP contribution in [0.3, 0.4) is 0 Å². The van der Waals surface area contributed by atoms with E-state index in [4.69, 9.17) is 11.1 Å². The average Bonchev–Trinajstić information content (AvgIpc) is 2.64. The third kappa shape index (κ3) is 5.43. The maximum absolute atomic E-state index is 12.6. The van der Waals surface area contributed by atoms with Crippen molar-refractivity contribution >= 4 is 17.8 Å². The number of carbonyl (C=O) groups is 2. The number of hydrogen-bond acceptors (Lipinski definition) is 4. The summed E-state index contributed by atoms with van der Waals surface area (Å²) in [6, 6.07) is 10.5. The Kier molecular flexibility index (Phi) is 6.70. The molecule has 1 amide bonds. The third-order valence-electron chi connectivity index (χ3n) is 3.81. The van der Waals surface area contributed by atoms with E-state index >= 15 is 0 Å². The lowest BCUT2D eigenvalue weighted by Gasteiger charge is -2.15. The van der Waals surface area contributed by atoms with Crippen molar-refractivity contribution in [2.75, 3.05) is 6.54 Å². The van der Waals surface area contributed by atoms with E-state index in [-0.39, 0.29) is 17.9 Å². The first kappa shape index (κ1) is 19.7. The molecule has 9 nitrogen and oxygen atoms in total. The summed E-state index contributed by atoms with van der Waals surface area (Å²) in [5.41, 5.74) is 5.07. The van der Waals surface area contributed by atoms with Crippen molar-refractivity contribution in [1.82, 2.24) is 15.2 Å². The number of nitrogens with two attached hydrogens (primary N) is 1. The van der Waals surface area contributed by atoms with Gasteiger partial charge in [-0.2, -0.15) is 0 Å². The molecule has 0 fully saturated rings. The Bertz CT molecular complexity index is 879. The fourth-order valence-electron chi connectivity index (χ4n) is 2.48. The smallest absolute Gasteiger partial charge is 0.326 e. The van der Waals surface area contributed by atoms with E-state index in [0.717, 1.165) is 0 Å². The second-order valence-corrected chi connectivity index (χ2v) is 5.78. The van der Waals surface area contributed by atoms with Gasteiger partial charge in [0.2, 0.25) is 0 Å². The Morgan fingerprint density at radius 3 is 2.52 bits per heavy atom. The molecule has 2 aromatic rings. The first-order chi connectivity index (χ1) is 12.9. The zero-order valence-corrected chi connectivity index (χ0v) is 14.5. The summed E-state index contributed by atoms with van der Waals surface area (Å²) in [5, 5.41) is 21.3. The highest BCUT2D eigenvalue weighted by atomic mass is 16.4. The molecular formula is C18H21N5O4. The second-order valence-electron chi connectivity index (χ2n) is 5.78. The van der Waals surface area contributed by atoms with Crippen LogP contribution >= 0.6 is 0 Å². The lowest BCUT2D eigenvalue weighted by Crippen LogP contribution is -2.43. The van der Waals surface area contributed by atoms with Gasteiger partial charge in [0.25, 0.3) is 11.5 Å². The number of hydrogen-bond donors (Lipinski definition) is 5. The van der Waals surface area contributed by atoms with Gasteiger partial charge < -0.3 is 21.5 Å². The largest absolute Gasteiger partial charge is 0.480 e. The Morgan fingerprint density at radius 2 is 1.89 bits per heavy atom. The van der Waals surface area contributed by atoms with Crippen molar-refractivity contribution in [2.45, 2.75) is 18.9 Å². The fourth-order valence-corrected chi connectivity index (χ4v) is 2.48. The maximum atomic E-state index is 12.6. The quantitative estimate of drug-likeness (QED) is 0.255. The van der Waals surface area contributed by atoms with Crippen molar-refractivity contribution in [3.63, 3.8) is 0 Å². The molecule has 0 bridgehead atoms. The van der Waals surface area contributed by atoms with Crippen LogP contribution in [-0.2, 0) is 4.79 Å². The molecule has 9 heteroatoms. The predicted molar refractivity (Wildman–Crippen MR) is 100 cm³/mol. The van der Waals surface area contributed by atoms with E-state index in [2.05, 4.69) is 10.6 Å². The van der Waals surface area contributed by atoms with Crippen molar-refractivity contribution in [2.24, 2.45) is 5.73 Å². The molecule has 0 saturated carbocycles. The molecule has 0 aliphatic rings. The molecule has 0 radical (unpaired) electrons. The minimum atomic E-state index is -1.20. The number of aromatic nitrogens is 1. The van der Waals surface area contributed by atoms with Gasteiger partial charge in [-0.25, -0.2) is 4.79 Å². The zero-order chi connectivity index (χ0) is 19.8. The number of guanidine groups is 1. The van der Waals surface area contributed by atoms with E-state index in [1.165, 1.54) is 16.8 Å². The van der Waals surface area contributed by atoms with Crippen LogP contribution in [0.2, 0.25) is 0 Å². The van der Waals surface area contributed by atoms with Crippen molar-refractivity contribution in [1.29, 1.82) is 5.41 Å². The highest BCUT2D eigenvalue weighted by Crippen LogP contribution is 2.05. The van der Waals surface area contributed by atoms with E-state index in [1.807, 2.05) is 6.07 Å². The van der Waals surface area contributed by atoms with Gasteiger partial charge in [0, 0.05) is 18.4 Å². The SMILES string of the molecule is N=C(N)NCCC[C@H](NC(=O)c1cccn(-c2ccccc2)c1=O)C(=O)O. The third-order valence-corrected chi connectivity index (χ3v) is 3.81. The van der Waals surface area contributed by atoms with E-state index in [0.29, 0.717) is 18.7 Å². The molecule has 1 heterocycles. The number of carboxylic acid groups (broad SMARTS) is 1. The van der Waals surface area contributed by atoms with Gasteiger partial charge >= 0.3 is 5.97 Å². The number of pyridine rings is 1. The van der Waals surface area contributed by atoms with Crippen molar-refractivity contribution in [3.05, 3.63) is 64.6 Å². The summed E-state index contributed by atoms with van der Waals surface area (Å²) in [4.78, 5) is 36.4. The van der Waals surface area contributed by atoms with Gasteiger partial charge in [0.1, 0.15) is 11.6 Å². The van der Waals surface area contributed by atoms with Crippen molar-refractivity contribution < 1.29 is 14.7 Å². The molecular weight excluding hydrogens is 350 g/mol. The zero-order valence-electron chi connectivity index (χ0n) is 14.5. The highest BCUT2D eigenvalue weighted by molar-refractivity contribution is 5.96. The Balaban J connectivity index is 2.13. The van der Waals surface area contributed by atoms with Crippen LogP contribution in [0.5, 0.6) is 0 Å². The van der Waals surface area contributed by atoms with Crippen LogP contribution in [0.25, 0.3) is 5.69 Å². The normalized spacial score (nSPS) is 11.4. The standard InChI is InChI=1S/C18H21N5O4/c19-18(20)21-10-4-9-14(17(26)27)22-15(24)13-8-5-11-23(16(13)25)12-6-2-1-3-7-12/h1-3,5-8,11,14H,4,9-10H2,(H,22,24)(H,26,27)(H4,19,20,21)/t14-/m0/s1. The van der Waals surface area contributed by atoms with Crippen LogP contribution in [-0.4, -0.2) is 40.1 Å². The van der Waals surface area contributed by atoms with Crippen LogP contribution < -0.4 is 21.9 Å².